The van der Waals surface area contributed by atoms with E-state index in [1.54, 1.807) is 29.4 Å². The lowest BCUT2D eigenvalue weighted by molar-refractivity contribution is 0.0666. The van der Waals surface area contributed by atoms with Crippen molar-refractivity contribution >= 4 is 23.4 Å². The van der Waals surface area contributed by atoms with Crippen molar-refractivity contribution in [2.75, 3.05) is 31.6 Å². The first-order valence-electron chi connectivity index (χ1n) is 10.2. The maximum atomic E-state index is 13.4. The van der Waals surface area contributed by atoms with Gasteiger partial charge in [-0.15, -0.1) is 0 Å². The van der Waals surface area contributed by atoms with Crippen LogP contribution in [0.15, 0.2) is 30.6 Å². The van der Waals surface area contributed by atoms with Crippen LogP contribution in [0.3, 0.4) is 0 Å². The number of anilines is 2. The van der Waals surface area contributed by atoms with Gasteiger partial charge in [-0.2, -0.15) is 0 Å². The van der Waals surface area contributed by atoms with E-state index in [-0.39, 0.29) is 17.4 Å². The minimum atomic E-state index is -0.820. The number of hydrogen-bond acceptors (Lipinski definition) is 5. The number of carbonyl (C=O) groups excluding carboxylic acids is 2. The molecule has 0 unspecified atom stereocenters. The van der Waals surface area contributed by atoms with Gasteiger partial charge < -0.3 is 15.1 Å². The Kier molecular flexibility index (Phi) is 5.52. The highest BCUT2D eigenvalue weighted by Gasteiger charge is 2.26. The number of nitrogens with one attached hydrogen (secondary N) is 2. The van der Waals surface area contributed by atoms with Crippen molar-refractivity contribution in [1.29, 1.82) is 5.41 Å². The summed E-state index contributed by atoms with van der Waals surface area (Å²) in [6.07, 6.45) is 4.80. The van der Waals surface area contributed by atoms with Crippen LogP contribution in [0.25, 0.3) is 0 Å². The van der Waals surface area contributed by atoms with Gasteiger partial charge in [0.15, 0.2) is 0 Å². The molecule has 2 aromatic heterocycles. The molecule has 9 heteroatoms. The smallest absolute Gasteiger partial charge is 0.326 e. The van der Waals surface area contributed by atoms with Crippen LogP contribution in [0.1, 0.15) is 35.2 Å². The van der Waals surface area contributed by atoms with E-state index in [2.05, 4.69) is 10.3 Å². The largest absolute Gasteiger partial charge is 0.340 e. The molecule has 0 aromatic carbocycles. The summed E-state index contributed by atoms with van der Waals surface area (Å²) in [5.74, 6) is 0.659. The van der Waals surface area contributed by atoms with Crippen molar-refractivity contribution in [3.8, 4) is 0 Å². The lowest BCUT2D eigenvalue weighted by Crippen LogP contribution is -2.39. The average Bonchev–Trinajstić information content (AvgIpc) is 2.77. The van der Waals surface area contributed by atoms with Crippen LogP contribution in [0.2, 0.25) is 0 Å². The van der Waals surface area contributed by atoms with Crippen molar-refractivity contribution in [2.24, 2.45) is 0 Å². The third-order valence-corrected chi connectivity index (χ3v) is 5.67. The van der Waals surface area contributed by atoms with Crippen molar-refractivity contribution in [2.45, 2.75) is 31.9 Å². The Morgan fingerprint density at radius 1 is 1.23 bits per heavy atom. The average molecular weight is 412 g/mol. The lowest BCUT2D eigenvalue weighted by Gasteiger charge is -2.31. The number of alkyl halides is 1. The molecular weight excluding hydrogens is 387 g/mol. The molecule has 2 amide bonds. The van der Waals surface area contributed by atoms with Gasteiger partial charge in [-0.1, -0.05) is 0 Å². The van der Waals surface area contributed by atoms with Crippen LogP contribution in [0.4, 0.5) is 20.7 Å². The molecule has 2 aliphatic rings. The lowest BCUT2D eigenvalue weighted by atomic mass is 10.0. The number of piperidine rings is 1. The Hall–Kier alpha value is -3.23. The van der Waals surface area contributed by atoms with E-state index < -0.39 is 6.17 Å². The third-order valence-electron chi connectivity index (χ3n) is 5.67. The number of aromatic nitrogens is 2. The zero-order chi connectivity index (χ0) is 21.3. The first-order chi connectivity index (χ1) is 14.5. The topological polar surface area (TPSA) is 94.3 Å². The summed E-state index contributed by atoms with van der Waals surface area (Å²) >= 11 is 0. The first kappa shape index (κ1) is 20.1. The van der Waals surface area contributed by atoms with E-state index in [1.165, 1.54) is 11.6 Å². The van der Waals surface area contributed by atoms with Crippen molar-refractivity contribution in [3.63, 3.8) is 0 Å². The number of halogens is 1. The first-order valence-corrected chi connectivity index (χ1v) is 10.2. The Balaban J connectivity index is 1.59. The number of fused-ring (bicyclic) bond motifs is 1. The molecule has 4 heterocycles. The van der Waals surface area contributed by atoms with Crippen LogP contribution in [0, 0.1) is 5.41 Å². The van der Waals surface area contributed by atoms with Gasteiger partial charge in [0.05, 0.1) is 5.56 Å². The van der Waals surface area contributed by atoms with Gasteiger partial charge in [-0.3, -0.25) is 14.8 Å². The number of hydrogen-bond donors (Lipinski definition) is 2. The Bertz CT molecular complexity index is 1030. The molecule has 0 atom stereocenters. The van der Waals surface area contributed by atoms with E-state index in [9.17, 15) is 14.0 Å². The standard InChI is InChI=1S/C21H25FN6O2/c1-24-21(30)28-10-6-17(12-18(28)23)27-7-2-3-14-11-15(13-25-19(14)27)20(29)26-8-4-16(22)5-9-26/h6,10-13,16,23H,2-5,7-9H2,1H3,(H,24,30). The maximum absolute atomic E-state index is 13.4. The Labute approximate surface area is 173 Å². The molecule has 0 saturated carbocycles. The number of carbonyl (C=O) groups is 2. The molecule has 158 valence electrons. The summed E-state index contributed by atoms with van der Waals surface area (Å²) in [4.78, 5) is 32.9. The Morgan fingerprint density at radius 3 is 2.70 bits per heavy atom. The summed E-state index contributed by atoms with van der Waals surface area (Å²) in [6, 6.07) is 4.92. The van der Waals surface area contributed by atoms with E-state index in [1.807, 2.05) is 11.0 Å². The summed E-state index contributed by atoms with van der Waals surface area (Å²) < 4.78 is 14.6. The monoisotopic (exact) mass is 412 g/mol. The number of rotatable bonds is 2. The summed E-state index contributed by atoms with van der Waals surface area (Å²) in [5.41, 5.74) is 2.35. The maximum Gasteiger partial charge on any atom is 0.326 e. The zero-order valence-corrected chi connectivity index (χ0v) is 16.9. The van der Waals surface area contributed by atoms with E-state index >= 15 is 0 Å². The molecule has 2 N–H and O–H groups in total. The molecule has 0 bridgehead atoms. The zero-order valence-electron chi connectivity index (χ0n) is 16.9. The van der Waals surface area contributed by atoms with Gasteiger partial charge in [0.2, 0.25) is 0 Å². The number of aryl methyl sites for hydroxylation is 1. The van der Waals surface area contributed by atoms with Crippen LogP contribution in [-0.4, -0.2) is 59.2 Å². The fraction of sp³-hybridized carbons (Fsp3) is 0.429. The second-order valence-corrected chi connectivity index (χ2v) is 7.62. The fourth-order valence-electron chi connectivity index (χ4n) is 4.02. The minimum absolute atomic E-state index is 0.0713. The molecule has 8 nitrogen and oxygen atoms in total. The quantitative estimate of drug-likeness (QED) is 0.791. The van der Waals surface area contributed by atoms with Crippen LogP contribution in [-0.2, 0) is 6.42 Å². The normalized spacial score (nSPS) is 16.9. The highest BCUT2D eigenvalue weighted by molar-refractivity contribution is 5.94. The Morgan fingerprint density at radius 2 is 2.00 bits per heavy atom. The summed E-state index contributed by atoms with van der Waals surface area (Å²) in [6.45, 7) is 1.61. The van der Waals surface area contributed by atoms with Gasteiger partial charge in [0.1, 0.15) is 17.5 Å². The molecule has 4 rings (SSSR count). The second-order valence-electron chi connectivity index (χ2n) is 7.62. The number of nitrogens with zero attached hydrogens (tertiary/aromatic N) is 4. The SMILES string of the molecule is CNC(=O)n1ccc(N2CCCc3cc(C(=O)N4CCC(F)CC4)cnc32)cc1=N. The van der Waals surface area contributed by atoms with Crippen LogP contribution in [0.5, 0.6) is 0 Å². The fourth-order valence-corrected chi connectivity index (χ4v) is 4.02. The predicted molar refractivity (Wildman–Crippen MR) is 110 cm³/mol. The van der Waals surface area contributed by atoms with Crippen molar-refractivity contribution in [3.05, 3.63) is 47.2 Å². The van der Waals surface area contributed by atoms with E-state index in [0.717, 1.165) is 36.5 Å². The van der Waals surface area contributed by atoms with Gasteiger partial charge >= 0.3 is 6.03 Å². The third kappa shape index (κ3) is 3.79. The van der Waals surface area contributed by atoms with Gasteiger partial charge in [-0.05, 0) is 43.4 Å². The molecule has 0 aliphatic carbocycles. The van der Waals surface area contributed by atoms with Crippen LogP contribution < -0.4 is 15.7 Å². The number of likely N-dealkylation sites (tertiary alicyclic amines) is 1. The highest BCUT2D eigenvalue weighted by atomic mass is 19.1. The highest BCUT2D eigenvalue weighted by Crippen LogP contribution is 2.31. The molecule has 2 aromatic rings. The van der Waals surface area contributed by atoms with E-state index in [4.69, 9.17) is 5.41 Å². The van der Waals surface area contributed by atoms with Gasteiger partial charge in [0.25, 0.3) is 5.91 Å². The van der Waals surface area contributed by atoms with Crippen molar-refractivity contribution in [1.82, 2.24) is 19.8 Å². The minimum Gasteiger partial charge on any atom is -0.340 e. The molecule has 2 aliphatic heterocycles. The van der Waals surface area contributed by atoms with Gasteiger partial charge in [0, 0.05) is 50.8 Å². The van der Waals surface area contributed by atoms with E-state index in [0.29, 0.717) is 31.5 Å². The predicted octanol–water partition coefficient (Wildman–Crippen LogP) is 2.21. The molecule has 1 saturated heterocycles. The molecule has 0 spiro atoms. The molecule has 30 heavy (non-hydrogen) atoms. The van der Waals surface area contributed by atoms with Gasteiger partial charge in [-0.25, -0.2) is 14.2 Å². The van der Waals surface area contributed by atoms with Crippen molar-refractivity contribution < 1.29 is 14.0 Å². The molecular formula is C21H25FN6O2. The molecule has 0 radical (unpaired) electrons. The van der Waals surface area contributed by atoms with Crippen LogP contribution >= 0.6 is 0 Å². The number of pyridine rings is 2. The number of amides is 2. The summed E-state index contributed by atoms with van der Waals surface area (Å²) in [7, 11) is 1.52. The second kappa shape index (κ2) is 8.25. The summed E-state index contributed by atoms with van der Waals surface area (Å²) in [5, 5.41) is 10.6. The molecule has 1 fully saturated rings.